The summed E-state index contributed by atoms with van der Waals surface area (Å²) in [6, 6.07) is 10.5. The van der Waals surface area contributed by atoms with Gasteiger partial charge in [0.05, 0.1) is 18.1 Å². The fraction of sp³-hybridized carbons (Fsp3) is 0.105. The van der Waals surface area contributed by atoms with Gasteiger partial charge in [-0.1, -0.05) is 17.7 Å². The van der Waals surface area contributed by atoms with Crippen molar-refractivity contribution in [2.45, 2.75) is 6.92 Å². The van der Waals surface area contributed by atoms with Crippen molar-refractivity contribution in [1.82, 2.24) is 0 Å². The quantitative estimate of drug-likeness (QED) is 0.708. The van der Waals surface area contributed by atoms with Crippen LogP contribution in [0.2, 0.25) is 5.02 Å². The number of hydrogen-bond acceptors (Lipinski definition) is 5. The highest BCUT2D eigenvalue weighted by Gasteiger charge is 2.15. The van der Waals surface area contributed by atoms with E-state index in [1.807, 2.05) is 0 Å². The molecule has 0 spiro atoms. The van der Waals surface area contributed by atoms with Gasteiger partial charge in [-0.15, -0.1) is 0 Å². The Kier molecular flexibility index (Phi) is 4.77. The van der Waals surface area contributed by atoms with Crippen LogP contribution in [0.5, 0.6) is 0 Å². The fourth-order valence-electron chi connectivity index (χ4n) is 2.43. The molecule has 6 nitrogen and oxygen atoms in total. The van der Waals surface area contributed by atoms with Crippen molar-refractivity contribution in [2.75, 3.05) is 12.4 Å². The van der Waals surface area contributed by atoms with E-state index in [9.17, 15) is 14.4 Å². The number of aryl methyl sites for hydroxylation is 1. The molecule has 0 radical (unpaired) electrons. The van der Waals surface area contributed by atoms with E-state index in [-0.39, 0.29) is 22.2 Å². The van der Waals surface area contributed by atoms with Crippen LogP contribution in [0.25, 0.3) is 11.0 Å². The number of nitrogens with one attached hydrogen (secondary N) is 1. The molecule has 2 aromatic carbocycles. The van der Waals surface area contributed by atoms with E-state index in [4.69, 9.17) is 16.0 Å². The zero-order valence-electron chi connectivity index (χ0n) is 14.0. The van der Waals surface area contributed by atoms with Gasteiger partial charge in [0.1, 0.15) is 5.58 Å². The average molecular weight is 372 g/mol. The van der Waals surface area contributed by atoms with Gasteiger partial charge in [-0.05, 0) is 42.8 Å². The van der Waals surface area contributed by atoms with Crippen LogP contribution in [0.1, 0.15) is 26.5 Å². The Hall–Kier alpha value is -3.12. The lowest BCUT2D eigenvalue weighted by molar-refractivity contribution is 0.0600. The fourth-order valence-corrected chi connectivity index (χ4v) is 2.60. The first-order chi connectivity index (χ1) is 12.4. The number of amides is 1. The van der Waals surface area contributed by atoms with Crippen molar-refractivity contribution in [2.24, 2.45) is 0 Å². The summed E-state index contributed by atoms with van der Waals surface area (Å²) in [4.78, 5) is 36.3. The van der Waals surface area contributed by atoms with Crippen LogP contribution in [-0.4, -0.2) is 19.0 Å². The maximum Gasteiger partial charge on any atom is 0.337 e. The third-order valence-electron chi connectivity index (χ3n) is 3.82. The number of fused-ring (bicyclic) bond motifs is 1. The number of methoxy groups -OCH3 is 1. The van der Waals surface area contributed by atoms with Gasteiger partial charge in [0, 0.05) is 16.8 Å². The first-order valence-electron chi connectivity index (χ1n) is 7.63. The predicted molar refractivity (Wildman–Crippen MR) is 98.0 cm³/mol. The van der Waals surface area contributed by atoms with E-state index in [2.05, 4.69) is 10.1 Å². The van der Waals surface area contributed by atoms with E-state index < -0.39 is 11.9 Å². The summed E-state index contributed by atoms with van der Waals surface area (Å²) in [7, 11) is 1.27. The van der Waals surface area contributed by atoms with Crippen LogP contribution in [0.3, 0.4) is 0 Å². The van der Waals surface area contributed by atoms with E-state index in [0.29, 0.717) is 16.3 Å². The number of esters is 1. The first kappa shape index (κ1) is 17.7. The lowest BCUT2D eigenvalue weighted by Crippen LogP contribution is -2.16. The maximum atomic E-state index is 12.5. The molecule has 7 heteroatoms. The number of hydrogen-bond donors (Lipinski definition) is 1. The van der Waals surface area contributed by atoms with E-state index in [1.165, 1.54) is 25.3 Å². The molecule has 1 heterocycles. The summed E-state index contributed by atoms with van der Waals surface area (Å²) in [5.74, 6) is -1.27. The minimum atomic E-state index is -0.607. The first-order valence-corrected chi connectivity index (χ1v) is 8.00. The van der Waals surface area contributed by atoms with Crippen molar-refractivity contribution in [3.05, 3.63) is 74.6 Å². The van der Waals surface area contributed by atoms with Crippen molar-refractivity contribution in [1.29, 1.82) is 0 Å². The van der Waals surface area contributed by atoms with Gasteiger partial charge in [0.25, 0.3) is 5.91 Å². The molecule has 0 atom stereocenters. The molecule has 1 N–H and O–H groups in total. The maximum absolute atomic E-state index is 12.5. The normalized spacial score (nSPS) is 10.6. The molecule has 1 amide bonds. The zero-order valence-corrected chi connectivity index (χ0v) is 14.7. The highest BCUT2D eigenvalue weighted by molar-refractivity contribution is 6.31. The van der Waals surface area contributed by atoms with Gasteiger partial charge in [-0.2, -0.15) is 0 Å². The molecule has 3 rings (SSSR count). The molecule has 0 saturated carbocycles. The molecule has 0 unspecified atom stereocenters. The molecule has 0 bridgehead atoms. The van der Waals surface area contributed by atoms with Gasteiger partial charge in [-0.3, -0.25) is 9.59 Å². The van der Waals surface area contributed by atoms with Crippen molar-refractivity contribution in [3.63, 3.8) is 0 Å². The molecule has 0 aliphatic heterocycles. The standard InChI is InChI=1S/C19H14ClNO5/c1-10-3-4-11(19(24)25-2)7-14(10)21-18(23)17-9-15(22)13-8-12(20)5-6-16(13)26-17/h3-9H,1-2H3,(H,21,23). The van der Waals surface area contributed by atoms with Gasteiger partial charge in [0.15, 0.2) is 11.2 Å². The van der Waals surface area contributed by atoms with Gasteiger partial charge in [-0.25, -0.2) is 4.79 Å². The summed E-state index contributed by atoms with van der Waals surface area (Å²) in [5.41, 5.74) is 1.33. The lowest BCUT2D eigenvalue weighted by Gasteiger charge is -2.10. The second-order valence-electron chi connectivity index (χ2n) is 5.59. The van der Waals surface area contributed by atoms with Gasteiger partial charge >= 0.3 is 5.97 Å². The van der Waals surface area contributed by atoms with E-state index in [1.54, 1.807) is 25.1 Å². The molecular weight excluding hydrogens is 358 g/mol. The average Bonchev–Trinajstić information content (AvgIpc) is 2.63. The zero-order chi connectivity index (χ0) is 18.8. The molecule has 132 valence electrons. The summed E-state index contributed by atoms with van der Waals surface area (Å²) in [6.45, 7) is 1.77. The number of anilines is 1. The molecule has 0 aliphatic carbocycles. The Morgan fingerprint density at radius 2 is 1.88 bits per heavy atom. The minimum Gasteiger partial charge on any atom is -0.465 e. The van der Waals surface area contributed by atoms with Crippen LogP contribution < -0.4 is 10.7 Å². The van der Waals surface area contributed by atoms with Crippen LogP contribution >= 0.6 is 11.6 Å². The highest BCUT2D eigenvalue weighted by atomic mass is 35.5. The summed E-state index contributed by atoms with van der Waals surface area (Å²) in [6.07, 6.45) is 0. The largest absolute Gasteiger partial charge is 0.465 e. The van der Waals surface area contributed by atoms with Crippen molar-refractivity contribution in [3.8, 4) is 0 Å². The Morgan fingerprint density at radius 3 is 2.62 bits per heavy atom. The number of rotatable bonds is 3. The third-order valence-corrected chi connectivity index (χ3v) is 4.05. The van der Waals surface area contributed by atoms with Crippen LogP contribution in [0.4, 0.5) is 5.69 Å². The van der Waals surface area contributed by atoms with Crippen molar-refractivity contribution < 1.29 is 18.7 Å². The van der Waals surface area contributed by atoms with Gasteiger partial charge in [0.2, 0.25) is 0 Å². The molecule has 26 heavy (non-hydrogen) atoms. The molecule has 1 aromatic heterocycles. The Morgan fingerprint density at radius 1 is 1.12 bits per heavy atom. The molecule has 0 saturated heterocycles. The van der Waals surface area contributed by atoms with Crippen LogP contribution in [-0.2, 0) is 4.74 Å². The minimum absolute atomic E-state index is 0.146. The number of ether oxygens (including phenoxy) is 1. The van der Waals surface area contributed by atoms with E-state index in [0.717, 1.165) is 11.6 Å². The molecule has 0 aliphatic rings. The second kappa shape index (κ2) is 7.01. The third kappa shape index (κ3) is 3.45. The number of carbonyl (C=O) groups excluding carboxylic acids is 2. The number of benzene rings is 2. The second-order valence-corrected chi connectivity index (χ2v) is 6.03. The highest BCUT2D eigenvalue weighted by Crippen LogP contribution is 2.21. The van der Waals surface area contributed by atoms with Crippen molar-refractivity contribution >= 4 is 40.1 Å². The Labute approximate surface area is 153 Å². The summed E-state index contributed by atoms with van der Waals surface area (Å²) in [5, 5.41) is 3.33. The predicted octanol–water partition coefficient (Wildman–Crippen LogP) is 3.79. The number of carbonyl (C=O) groups is 2. The molecule has 3 aromatic rings. The summed E-state index contributed by atoms with van der Waals surface area (Å²) >= 11 is 5.87. The molecule has 0 fully saturated rings. The Balaban J connectivity index is 1.96. The Bertz CT molecular complexity index is 1090. The topological polar surface area (TPSA) is 85.6 Å². The van der Waals surface area contributed by atoms with Crippen LogP contribution in [0, 0.1) is 6.92 Å². The smallest absolute Gasteiger partial charge is 0.337 e. The molecular formula is C19H14ClNO5. The summed E-state index contributed by atoms with van der Waals surface area (Å²) < 4.78 is 10.2. The van der Waals surface area contributed by atoms with Crippen LogP contribution in [0.15, 0.2) is 51.7 Å². The van der Waals surface area contributed by atoms with Gasteiger partial charge < -0.3 is 14.5 Å². The SMILES string of the molecule is COC(=O)c1ccc(C)c(NC(=O)c2cc(=O)c3cc(Cl)ccc3o2)c1. The lowest BCUT2D eigenvalue weighted by atomic mass is 10.1. The monoisotopic (exact) mass is 371 g/mol. The number of halogens is 1. The van der Waals surface area contributed by atoms with E-state index >= 15 is 0 Å².